The van der Waals surface area contributed by atoms with Crippen LogP contribution in [0.15, 0.2) is 48.5 Å². The molecule has 2 aromatic carbocycles. The van der Waals surface area contributed by atoms with Crippen molar-refractivity contribution in [2.45, 2.75) is 26.2 Å². The van der Waals surface area contributed by atoms with Gasteiger partial charge in [-0.2, -0.15) is 0 Å². The monoisotopic (exact) mass is 327 g/mol. The molecule has 1 amide bonds. The fraction of sp³-hybridized carbons (Fsp3) is 0.263. The van der Waals surface area contributed by atoms with Gasteiger partial charge in [0.1, 0.15) is 5.75 Å². The Hall–Kier alpha value is -2.82. The molecule has 5 heteroatoms. The summed E-state index contributed by atoms with van der Waals surface area (Å²) in [7, 11) is 0. The van der Waals surface area contributed by atoms with Crippen LogP contribution in [0.3, 0.4) is 0 Å². The Labute approximate surface area is 141 Å². The van der Waals surface area contributed by atoms with E-state index in [1.54, 1.807) is 42.5 Å². The Balaban J connectivity index is 1.98. The SMILES string of the molecule is CCCCOc1cccc(C(=O)Nc2ccc(CC(=O)O)cc2)c1. The van der Waals surface area contributed by atoms with Crippen LogP contribution in [-0.2, 0) is 11.2 Å². The van der Waals surface area contributed by atoms with Gasteiger partial charge in [0.25, 0.3) is 5.91 Å². The van der Waals surface area contributed by atoms with Gasteiger partial charge in [0.05, 0.1) is 13.0 Å². The number of unbranched alkanes of at least 4 members (excludes halogenated alkanes) is 1. The van der Waals surface area contributed by atoms with Gasteiger partial charge in [0.2, 0.25) is 0 Å². The number of anilines is 1. The Morgan fingerprint density at radius 2 is 1.88 bits per heavy atom. The van der Waals surface area contributed by atoms with Crippen molar-refractivity contribution in [2.24, 2.45) is 0 Å². The van der Waals surface area contributed by atoms with Crippen molar-refractivity contribution in [3.63, 3.8) is 0 Å². The molecule has 0 aliphatic heterocycles. The van der Waals surface area contributed by atoms with Crippen LogP contribution in [-0.4, -0.2) is 23.6 Å². The highest BCUT2D eigenvalue weighted by atomic mass is 16.5. The average molecular weight is 327 g/mol. The van der Waals surface area contributed by atoms with Crippen molar-refractivity contribution in [3.05, 3.63) is 59.7 Å². The molecular weight excluding hydrogens is 306 g/mol. The van der Waals surface area contributed by atoms with Gasteiger partial charge < -0.3 is 15.2 Å². The summed E-state index contributed by atoms with van der Waals surface area (Å²) in [6.07, 6.45) is 1.99. The quantitative estimate of drug-likeness (QED) is 0.724. The van der Waals surface area contributed by atoms with Crippen LogP contribution in [0.2, 0.25) is 0 Å². The molecule has 0 spiro atoms. The predicted molar refractivity (Wildman–Crippen MR) is 92.6 cm³/mol. The molecule has 0 unspecified atom stereocenters. The van der Waals surface area contributed by atoms with E-state index in [1.807, 2.05) is 6.07 Å². The highest BCUT2D eigenvalue weighted by Crippen LogP contribution is 2.16. The van der Waals surface area contributed by atoms with Gasteiger partial charge in [-0.05, 0) is 42.3 Å². The Bertz CT molecular complexity index is 695. The summed E-state index contributed by atoms with van der Waals surface area (Å²) in [5.74, 6) is -0.443. The number of hydrogen-bond donors (Lipinski definition) is 2. The molecule has 0 aromatic heterocycles. The van der Waals surface area contributed by atoms with E-state index in [2.05, 4.69) is 12.2 Å². The third-order valence-corrected chi connectivity index (χ3v) is 3.43. The summed E-state index contributed by atoms with van der Waals surface area (Å²) in [5.41, 5.74) is 1.82. The van der Waals surface area contributed by atoms with Crippen LogP contribution in [0, 0.1) is 0 Å². The van der Waals surface area contributed by atoms with E-state index in [1.165, 1.54) is 0 Å². The van der Waals surface area contributed by atoms with E-state index in [0.29, 0.717) is 29.2 Å². The van der Waals surface area contributed by atoms with E-state index in [4.69, 9.17) is 9.84 Å². The van der Waals surface area contributed by atoms with E-state index >= 15 is 0 Å². The summed E-state index contributed by atoms with van der Waals surface area (Å²) in [4.78, 5) is 23.0. The number of amides is 1. The number of rotatable bonds is 8. The molecule has 0 radical (unpaired) electrons. The number of hydrogen-bond acceptors (Lipinski definition) is 3. The van der Waals surface area contributed by atoms with Crippen LogP contribution in [0.25, 0.3) is 0 Å². The first-order chi connectivity index (χ1) is 11.6. The van der Waals surface area contributed by atoms with Crippen LogP contribution in [0.5, 0.6) is 5.75 Å². The molecule has 126 valence electrons. The molecule has 2 N–H and O–H groups in total. The number of aliphatic carboxylic acids is 1. The second-order valence-corrected chi connectivity index (χ2v) is 5.45. The van der Waals surface area contributed by atoms with Crippen LogP contribution in [0.4, 0.5) is 5.69 Å². The highest BCUT2D eigenvalue weighted by molar-refractivity contribution is 6.04. The highest BCUT2D eigenvalue weighted by Gasteiger charge is 2.08. The predicted octanol–water partition coefficient (Wildman–Crippen LogP) is 3.74. The molecule has 0 atom stereocenters. The molecule has 0 aliphatic carbocycles. The largest absolute Gasteiger partial charge is 0.494 e. The minimum atomic E-state index is -0.883. The molecule has 5 nitrogen and oxygen atoms in total. The maximum Gasteiger partial charge on any atom is 0.307 e. The van der Waals surface area contributed by atoms with Crippen LogP contribution >= 0.6 is 0 Å². The van der Waals surface area contributed by atoms with Crippen molar-refractivity contribution >= 4 is 17.6 Å². The molecule has 2 rings (SSSR count). The van der Waals surface area contributed by atoms with Crippen molar-refractivity contribution in [1.82, 2.24) is 0 Å². The number of nitrogens with one attached hydrogen (secondary N) is 1. The Kier molecular flexibility index (Phi) is 6.37. The first-order valence-electron chi connectivity index (χ1n) is 7.93. The Morgan fingerprint density at radius 1 is 1.12 bits per heavy atom. The number of carbonyl (C=O) groups is 2. The maximum atomic E-state index is 12.3. The molecule has 0 aliphatic rings. The average Bonchev–Trinajstić information content (AvgIpc) is 2.57. The lowest BCUT2D eigenvalue weighted by molar-refractivity contribution is -0.136. The van der Waals surface area contributed by atoms with Crippen molar-refractivity contribution < 1.29 is 19.4 Å². The zero-order chi connectivity index (χ0) is 17.4. The second kappa shape index (κ2) is 8.72. The summed E-state index contributed by atoms with van der Waals surface area (Å²) >= 11 is 0. The second-order valence-electron chi connectivity index (χ2n) is 5.45. The van der Waals surface area contributed by atoms with Crippen molar-refractivity contribution in [2.75, 3.05) is 11.9 Å². The third kappa shape index (κ3) is 5.43. The van der Waals surface area contributed by atoms with Crippen molar-refractivity contribution in [1.29, 1.82) is 0 Å². The minimum Gasteiger partial charge on any atom is -0.494 e. The normalized spacial score (nSPS) is 10.2. The van der Waals surface area contributed by atoms with E-state index in [9.17, 15) is 9.59 Å². The number of carboxylic acid groups (broad SMARTS) is 1. The lowest BCUT2D eigenvalue weighted by Gasteiger charge is -2.09. The number of carbonyl (C=O) groups excluding carboxylic acids is 1. The molecule has 0 fully saturated rings. The van der Waals surface area contributed by atoms with E-state index < -0.39 is 5.97 Å². The molecule has 0 bridgehead atoms. The van der Waals surface area contributed by atoms with Crippen LogP contribution < -0.4 is 10.1 Å². The van der Waals surface area contributed by atoms with Crippen molar-refractivity contribution in [3.8, 4) is 5.75 Å². The van der Waals surface area contributed by atoms with E-state index in [0.717, 1.165) is 12.8 Å². The summed E-state index contributed by atoms with van der Waals surface area (Å²) < 4.78 is 5.60. The van der Waals surface area contributed by atoms with Gasteiger partial charge >= 0.3 is 5.97 Å². The molecule has 0 heterocycles. The minimum absolute atomic E-state index is 0.0363. The smallest absolute Gasteiger partial charge is 0.307 e. The fourth-order valence-corrected chi connectivity index (χ4v) is 2.15. The lowest BCUT2D eigenvalue weighted by atomic mass is 10.1. The van der Waals surface area contributed by atoms with Gasteiger partial charge in [0, 0.05) is 11.3 Å². The van der Waals surface area contributed by atoms with E-state index in [-0.39, 0.29) is 12.3 Å². The van der Waals surface area contributed by atoms with Gasteiger partial charge in [-0.25, -0.2) is 0 Å². The zero-order valence-corrected chi connectivity index (χ0v) is 13.6. The lowest BCUT2D eigenvalue weighted by Crippen LogP contribution is -2.12. The zero-order valence-electron chi connectivity index (χ0n) is 13.6. The molecule has 0 saturated carbocycles. The number of benzene rings is 2. The summed E-state index contributed by atoms with van der Waals surface area (Å²) in [5, 5.41) is 11.5. The van der Waals surface area contributed by atoms with Gasteiger partial charge in [0.15, 0.2) is 0 Å². The Morgan fingerprint density at radius 3 is 2.54 bits per heavy atom. The van der Waals surface area contributed by atoms with Crippen LogP contribution in [0.1, 0.15) is 35.7 Å². The topological polar surface area (TPSA) is 75.6 Å². The molecular formula is C19H21NO4. The van der Waals surface area contributed by atoms with Gasteiger partial charge in [-0.3, -0.25) is 9.59 Å². The summed E-state index contributed by atoms with van der Waals surface area (Å²) in [6.45, 7) is 2.72. The molecule has 24 heavy (non-hydrogen) atoms. The summed E-state index contributed by atoms with van der Waals surface area (Å²) in [6, 6.07) is 13.8. The first-order valence-corrected chi connectivity index (χ1v) is 7.93. The molecule has 0 saturated heterocycles. The first kappa shape index (κ1) is 17.5. The number of ether oxygens (including phenoxy) is 1. The number of carboxylic acids is 1. The standard InChI is InChI=1S/C19H21NO4/c1-2-3-11-24-17-6-4-5-15(13-17)19(23)20-16-9-7-14(8-10-16)12-18(21)22/h4-10,13H,2-3,11-12H2,1H3,(H,20,23)(H,21,22). The molecule has 2 aromatic rings. The fourth-order valence-electron chi connectivity index (χ4n) is 2.15. The third-order valence-electron chi connectivity index (χ3n) is 3.43. The maximum absolute atomic E-state index is 12.3. The van der Waals surface area contributed by atoms with Gasteiger partial charge in [-0.1, -0.05) is 31.5 Å². The van der Waals surface area contributed by atoms with Gasteiger partial charge in [-0.15, -0.1) is 0 Å².